The molecule has 2 aliphatic rings. The zero-order chi connectivity index (χ0) is 23.4. The Labute approximate surface area is 196 Å². The molecule has 6 heteroatoms. The second kappa shape index (κ2) is 10.2. The average molecular weight is 448 g/mol. The van der Waals surface area contributed by atoms with E-state index in [0.717, 1.165) is 24.0 Å². The number of rotatable bonds is 6. The van der Waals surface area contributed by atoms with Crippen molar-refractivity contribution in [2.24, 2.45) is 5.92 Å². The van der Waals surface area contributed by atoms with Crippen LogP contribution in [0.25, 0.3) is 0 Å². The minimum absolute atomic E-state index is 0.00820. The normalized spacial score (nSPS) is 19.4. The van der Waals surface area contributed by atoms with Gasteiger partial charge in [0.05, 0.1) is 11.8 Å². The molecule has 2 aromatic rings. The molecule has 0 aromatic heterocycles. The van der Waals surface area contributed by atoms with Gasteiger partial charge in [0.1, 0.15) is 0 Å². The summed E-state index contributed by atoms with van der Waals surface area (Å²) in [5.74, 6) is -0.475. The van der Waals surface area contributed by atoms with E-state index in [-0.39, 0.29) is 41.6 Å². The molecule has 0 saturated carbocycles. The maximum absolute atomic E-state index is 13.3. The Balaban J connectivity index is 1.36. The maximum Gasteiger partial charge on any atom is 0.232 e. The van der Waals surface area contributed by atoms with Crippen LogP contribution in [0.1, 0.15) is 50.2 Å². The molecule has 2 saturated heterocycles. The van der Waals surface area contributed by atoms with Gasteiger partial charge < -0.3 is 15.1 Å². The van der Waals surface area contributed by atoms with Crippen molar-refractivity contribution in [1.82, 2.24) is 15.1 Å². The summed E-state index contributed by atoms with van der Waals surface area (Å²) in [4.78, 5) is 42.2. The molecule has 2 aliphatic heterocycles. The second-order valence-corrected chi connectivity index (χ2v) is 9.40. The monoisotopic (exact) mass is 447 g/mol. The summed E-state index contributed by atoms with van der Waals surface area (Å²) in [5, 5.41) is 3.23. The Bertz CT molecular complexity index is 929. The van der Waals surface area contributed by atoms with Crippen LogP contribution in [-0.2, 0) is 14.4 Å². The van der Waals surface area contributed by atoms with Crippen molar-refractivity contribution < 1.29 is 14.4 Å². The van der Waals surface area contributed by atoms with Crippen molar-refractivity contribution in [2.45, 2.75) is 51.1 Å². The number of carbonyl (C=O) groups excluding carboxylic acids is 3. The number of hydrogen-bond donors (Lipinski definition) is 1. The summed E-state index contributed by atoms with van der Waals surface area (Å²) in [6, 6.07) is 19.8. The molecule has 3 amide bonds. The summed E-state index contributed by atoms with van der Waals surface area (Å²) in [6.07, 6.45) is 1.76. The highest BCUT2D eigenvalue weighted by molar-refractivity contribution is 5.89. The van der Waals surface area contributed by atoms with E-state index in [0.29, 0.717) is 26.1 Å². The molecule has 174 valence electrons. The minimum Gasteiger partial charge on any atom is -0.352 e. The highest BCUT2D eigenvalue weighted by Gasteiger charge is 2.38. The molecule has 0 aliphatic carbocycles. The van der Waals surface area contributed by atoms with Gasteiger partial charge in [0, 0.05) is 38.1 Å². The molecule has 4 rings (SSSR count). The third-order valence-corrected chi connectivity index (χ3v) is 6.81. The van der Waals surface area contributed by atoms with Gasteiger partial charge in [0.15, 0.2) is 0 Å². The van der Waals surface area contributed by atoms with Crippen LogP contribution < -0.4 is 5.32 Å². The van der Waals surface area contributed by atoms with Crippen molar-refractivity contribution >= 4 is 17.7 Å². The predicted octanol–water partition coefficient (Wildman–Crippen LogP) is 3.18. The molecule has 2 heterocycles. The Morgan fingerprint density at radius 1 is 0.909 bits per heavy atom. The number of hydrogen-bond acceptors (Lipinski definition) is 3. The first-order valence-corrected chi connectivity index (χ1v) is 11.9. The molecule has 1 unspecified atom stereocenters. The van der Waals surface area contributed by atoms with E-state index in [1.807, 2.05) is 79.4 Å². The lowest BCUT2D eigenvalue weighted by Gasteiger charge is -2.34. The quantitative estimate of drug-likeness (QED) is 0.740. The topological polar surface area (TPSA) is 69.7 Å². The largest absolute Gasteiger partial charge is 0.352 e. The molecule has 0 bridgehead atoms. The highest BCUT2D eigenvalue weighted by Crippen LogP contribution is 2.27. The molecule has 1 atom stereocenters. The van der Waals surface area contributed by atoms with Crippen molar-refractivity contribution in [3.63, 3.8) is 0 Å². The van der Waals surface area contributed by atoms with E-state index in [4.69, 9.17) is 0 Å². The van der Waals surface area contributed by atoms with Gasteiger partial charge >= 0.3 is 0 Å². The molecule has 2 fully saturated rings. The summed E-state index contributed by atoms with van der Waals surface area (Å²) < 4.78 is 0. The van der Waals surface area contributed by atoms with Crippen LogP contribution in [0.3, 0.4) is 0 Å². The van der Waals surface area contributed by atoms with Gasteiger partial charge in [-0.15, -0.1) is 0 Å². The first-order valence-electron chi connectivity index (χ1n) is 11.9. The Hall–Kier alpha value is -3.15. The number of nitrogens with one attached hydrogen (secondary N) is 1. The van der Waals surface area contributed by atoms with Gasteiger partial charge in [-0.2, -0.15) is 0 Å². The van der Waals surface area contributed by atoms with Crippen LogP contribution >= 0.6 is 0 Å². The molecular formula is C27H33N3O3. The van der Waals surface area contributed by atoms with Crippen LogP contribution in [0.2, 0.25) is 0 Å². The number of amides is 3. The molecule has 2 aromatic carbocycles. The second-order valence-electron chi connectivity index (χ2n) is 9.40. The Kier molecular flexibility index (Phi) is 7.11. The van der Waals surface area contributed by atoms with Crippen LogP contribution in [0.5, 0.6) is 0 Å². The molecule has 0 radical (unpaired) electrons. The van der Waals surface area contributed by atoms with Gasteiger partial charge in [0.25, 0.3) is 0 Å². The Morgan fingerprint density at radius 3 is 1.94 bits per heavy atom. The van der Waals surface area contributed by atoms with Crippen molar-refractivity contribution in [3.05, 3.63) is 71.8 Å². The lowest BCUT2D eigenvalue weighted by Crippen LogP contribution is -2.49. The number of carbonyl (C=O) groups is 3. The molecule has 33 heavy (non-hydrogen) atoms. The molecule has 0 spiro atoms. The van der Waals surface area contributed by atoms with E-state index >= 15 is 0 Å². The number of piperidine rings is 1. The fourth-order valence-electron chi connectivity index (χ4n) is 4.97. The zero-order valence-corrected chi connectivity index (χ0v) is 19.4. The smallest absolute Gasteiger partial charge is 0.232 e. The third kappa shape index (κ3) is 5.27. The van der Waals surface area contributed by atoms with Crippen LogP contribution in [-0.4, -0.2) is 59.2 Å². The first kappa shape index (κ1) is 23.0. The maximum atomic E-state index is 13.3. The van der Waals surface area contributed by atoms with Crippen molar-refractivity contribution in [1.29, 1.82) is 0 Å². The van der Waals surface area contributed by atoms with Crippen molar-refractivity contribution in [3.8, 4) is 0 Å². The fraction of sp³-hybridized carbons (Fsp3) is 0.444. The molecule has 6 nitrogen and oxygen atoms in total. The van der Waals surface area contributed by atoms with Gasteiger partial charge in [-0.3, -0.25) is 14.4 Å². The standard InChI is InChI=1S/C27H33N3O3/c1-19(2)30-18-22(17-24(30)31)27(33)29-15-13-23(14-16-29)28-26(32)25(20-9-5-3-6-10-20)21-11-7-4-8-12-21/h3-12,19,22-23,25H,13-18H2,1-2H3,(H,28,32). The van der Waals surface area contributed by atoms with E-state index < -0.39 is 0 Å². The first-order chi connectivity index (χ1) is 15.9. The minimum atomic E-state index is -0.362. The number of benzene rings is 2. The summed E-state index contributed by atoms with van der Waals surface area (Å²) in [5.41, 5.74) is 1.93. The summed E-state index contributed by atoms with van der Waals surface area (Å²) in [7, 11) is 0. The lowest BCUT2D eigenvalue weighted by molar-refractivity contribution is -0.137. The molecular weight excluding hydrogens is 414 g/mol. The van der Waals surface area contributed by atoms with E-state index in [2.05, 4.69) is 5.32 Å². The van der Waals surface area contributed by atoms with Crippen LogP contribution in [0.15, 0.2) is 60.7 Å². The summed E-state index contributed by atoms with van der Waals surface area (Å²) in [6.45, 7) is 5.70. The highest BCUT2D eigenvalue weighted by atomic mass is 16.2. The predicted molar refractivity (Wildman–Crippen MR) is 127 cm³/mol. The fourth-order valence-corrected chi connectivity index (χ4v) is 4.97. The van der Waals surface area contributed by atoms with Gasteiger partial charge in [-0.05, 0) is 37.8 Å². The average Bonchev–Trinajstić information content (AvgIpc) is 3.22. The summed E-state index contributed by atoms with van der Waals surface area (Å²) >= 11 is 0. The van der Waals surface area contributed by atoms with Gasteiger partial charge in [0.2, 0.25) is 17.7 Å². The lowest BCUT2D eigenvalue weighted by atomic mass is 9.90. The molecule has 1 N–H and O–H groups in total. The van der Waals surface area contributed by atoms with E-state index in [9.17, 15) is 14.4 Å². The zero-order valence-electron chi connectivity index (χ0n) is 19.4. The third-order valence-electron chi connectivity index (χ3n) is 6.81. The number of nitrogens with zero attached hydrogens (tertiary/aromatic N) is 2. The van der Waals surface area contributed by atoms with Crippen LogP contribution in [0.4, 0.5) is 0 Å². The Morgan fingerprint density at radius 2 is 1.45 bits per heavy atom. The van der Waals surface area contributed by atoms with E-state index in [1.165, 1.54) is 0 Å². The van der Waals surface area contributed by atoms with Gasteiger partial charge in [-0.1, -0.05) is 60.7 Å². The van der Waals surface area contributed by atoms with Crippen molar-refractivity contribution in [2.75, 3.05) is 19.6 Å². The SMILES string of the molecule is CC(C)N1CC(C(=O)N2CCC(NC(=O)C(c3ccccc3)c3ccccc3)CC2)CC1=O. The van der Waals surface area contributed by atoms with Gasteiger partial charge in [-0.25, -0.2) is 0 Å². The van der Waals surface area contributed by atoms with Crippen LogP contribution in [0, 0.1) is 5.92 Å². The van der Waals surface area contributed by atoms with E-state index in [1.54, 1.807) is 4.90 Å². The number of likely N-dealkylation sites (tertiary alicyclic amines) is 2.